The van der Waals surface area contributed by atoms with Crippen molar-refractivity contribution in [3.8, 4) is 5.75 Å². The van der Waals surface area contributed by atoms with E-state index in [0.29, 0.717) is 6.42 Å². The second-order valence-electron chi connectivity index (χ2n) is 11.3. The van der Waals surface area contributed by atoms with Gasteiger partial charge in [-0.2, -0.15) is 0 Å². The second-order valence-corrected chi connectivity index (χ2v) is 11.3. The van der Waals surface area contributed by atoms with Crippen LogP contribution in [0.2, 0.25) is 0 Å². The Bertz CT molecular complexity index is 1250. The molecule has 9 nitrogen and oxygen atoms in total. The van der Waals surface area contributed by atoms with Gasteiger partial charge in [0.2, 0.25) is 0 Å². The summed E-state index contributed by atoms with van der Waals surface area (Å²) in [5.41, 5.74) is 2.89. The highest BCUT2D eigenvalue weighted by molar-refractivity contribution is 5.91. The van der Waals surface area contributed by atoms with Crippen LogP contribution < -0.4 is 20.3 Å². The maximum Gasteiger partial charge on any atom is 0.141 e. The normalized spacial score (nSPS) is 17.5. The molecule has 9 heteroatoms. The molecule has 2 aliphatic rings. The lowest BCUT2D eigenvalue weighted by Gasteiger charge is -2.37. The van der Waals surface area contributed by atoms with E-state index in [1.807, 2.05) is 18.3 Å². The van der Waals surface area contributed by atoms with E-state index >= 15 is 0 Å². The van der Waals surface area contributed by atoms with Crippen molar-refractivity contribution in [2.75, 3.05) is 56.0 Å². The van der Waals surface area contributed by atoms with E-state index in [0.717, 1.165) is 104 Å². The van der Waals surface area contributed by atoms with E-state index in [9.17, 15) is 4.79 Å². The van der Waals surface area contributed by atoms with Crippen LogP contribution in [0.4, 0.5) is 17.3 Å². The van der Waals surface area contributed by atoms with Gasteiger partial charge in [0.15, 0.2) is 0 Å². The summed E-state index contributed by atoms with van der Waals surface area (Å²) in [6.07, 6.45) is 7.23. The molecule has 0 aliphatic carbocycles. The number of fused-ring (bicyclic) bond motifs is 1. The molecule has 2 saturated heterocycles. The minimum absolute atomic E-state index is 0.0208. The van der Waals surface area contributed by atoms with Crippen molar-refractivity contribution in [3.05, 3.63) is 42.4 Å². The summed E-state index contributed by atoms with van der Waals surface area (Å²) in [7, 11) is 0. The number of aldehydes is 1. The Morgan fingerprint density at radius 1 is 1.11 bits per heavy atom. The third-order valence-electron chi connectivity index (χ3n) is 7.50. The molecular formula is C29H39N7O2. The lowest BCUT2D eigenvalue weighted by atomic mass is 9.88. The van der Waals surface area contributed by atoms with Gasteiger partial charge >= 0.3 is 0 Å². The van der Waals surface area contributed by atoms with Crippen molar-refractivity contribution in [3.63, 3.8) is 0 Å². The summed E-state index contributed by atoms with van der Waals surface area (Å²) >= 11 is 0. The van der Waals surface area contributed by atoms with Crippen LogP contribution in [0.3, 0.4) is 0 Å². The average molecular weight is 518 g/mol. The number of carbonyl (C=O) groups is 1. The van der Waals surface area contributed by atoms with Gasteiger partial charge in [-0.05, 0) is 55.0 Å². The Labute approximate surface area is 225 Å². The summed E-state index contributed by atoms with van der Waals surface area (Å²) in [4.78, 5) is 29.3. The molecule has 0 spiro atoms. The number of aryl methyl sites for hydroxylation is 1. The number of likely N-dealkylation sites (tertiary alicyclic amines) is 1. The fourth-order valence-corrected chi connectivity index (χ4v) is 5.37. The highest BCUT2D eigenvalue weighted by atomic mass is 16.5. The van der Waals surface area contributed by atoms with Gasteiger partial charge in [0.25, 0.3) is 0 Å². The van der Waals surface area contributed by atoms with Gasteiger partial charge in [0.05, 0.1) is 11.7 Å². The Morgan fingerprint density at radius 3 is 2.63 bits per heavy atom. The number of hydrogen-bond donors (Lipinski definition) is 2. The van der Waals surface area contributed by atoms with E-state index < -0.39 is 0 Å². The first-order valence-corrected chi connectivity index (χ1v) is 13.7. The predicted molar refractivity (Wildman–Crippen MR) is 151 cm³/mol. The molecule has 38 heavy (non-hydrogen) atoms. The van der Waals surface area contributed by atoms with Crippen molar-refractivity contribution in [2.24, 2.45) is 5.41 Å². The van der Waals surface area contributed by atoms with Gasteiger partial charge in [-0.1, -0.05) is 13.8 Å². The molecule has 0 atom stereocenters. The number of rotatable bonds is 9. The van der Waals surface area contributed by atoms with E-state index in [4.69, 9.17) is 4.74 Å². The maximum atomic E-state index is 11.0. The molecule has 2 fully saturated rings. The van der Waals surface area contributed by atoms with Crippen LogP contribution in [-0.2, 0) is 4.79 Å². The number of anilines is 3. The number of ether oxygens (including phenoxy) is 1. The molecule has 5 rings (SSSR count). The molecule has 2 aromatic heterocycles. The Hall–Kier alpha value is -3.30. The zero-order chi connectivity index (χ0) is 26.5. The monoisotopic (exact) mass is 517 g/mol. The quantitative estimate of drug-likeness (QED) is 0.409. The highest BCUT2D eigenvalue weighted by Gasteiger charge is 2.26. The van der Waals surface area contributed by atoms with Crippen molar-refractivity contribution in [1.82, 2.24) is 25.2 Å². The molecule has 2 N–H and O–H groups in total. The predicted octanol–water partition coefficient (Wildman–Crippen LogP) is 3.94. The van der Waals surface area contributed by atoms with Gasteiger partial charge in [-0.15, -0.1) is 0 Å². The van der Waals surface area contributed by atoms with Gasteiger partial charge in [0.1, 0.15) is 36.1 Å². The number of pyridine rings is 1. The van der Waals surface area contributed by atoms with Gasteiger partial charge in [-0.25, -0.2) is 15.0 Å². The largest absolute Gasteiger partial charge is 0.490 e. The molecular weight excluding hydrogens is 478 g/mol. The topological polar surface area (TPSA) is 95.5 Å². The average Bonchev–Trinajstić information content (AvgIpc) is 2.91. The molecule has 4 heterocycles. The van der Waals surface area contributed by atoms with E-state index in [2.05, 4.69) is 68.3 Å². The van der Waals surface area contributed by atoms with Crippen molar-refractivity contribution in [2.45, 2.75) is 46.1 Å². The molecule has 202 valence electrons. The molecule has 1 aromatic carbocycles. The first-order chi connectivity index (χ1) is 18.4. The Kier molecular flexibility index (Phi) is 8.04. The van der Waals surface area contributed by atoms with E-state index in [1.165, 1.54) is 0 Å². The summed E-state index contributed by atoms with van der Waals surface area (Å²) in [5.74, 6) is 2.65. The van der Waals surface area contributed by atoms with Gasteiger partial charge < -0.3 is 30.0 Å². The third-order valence-corrected chi connectivity index (χ3v) is 7.50. The van der Waals surface area contributed by atoms with Crippen LogP contribution in [0.5, 0.6) is 5.75 Å². The second kappa shape index (κ2) is 11.6. The summed E-state index contributed by atoms with van der Waals surface area (Å²) in [6, 6.07) is 8.29. The fourth-order valence-electron chi connectivity index (χ4n) is 5.37. The van der Waals surface area contributed by atoms with Crippen LogP contribution in [0, 0.1) is 12.3 Å². The van der Waals surface area contributed by atoms with E-state index in [1.54, 1.807) is 6.33 Å². The number of nitrogens with zero attached hydrogens (tertiary/aromatic N) is 5. The molecule has 0 bridgehead atoms. The molecule has 0 amide bonds. The number of aromatic nitrogens is 3. The van der Waals surface area contributed by atoms with Crippen LogP contribution in [0.15, 0.2) is 36.8 Å². The molecule has 0 unspecified atom stereocenters. The summed E-state index contributed by atoms with van der Waals surface area (Å²) < 4.78 is 6.42. The van der Waals surface area contributed by atoms with Crippen LogP contribution in [-0.4, -0.2) is 78.1 Å². The zero-order valence-corrected chi connectivity index (χ0v) is 22.7. The van der Waals surface area contributed by atoms with E-state index in [-0.39, 0.29) is 11.5 Å². The maximum absolute atomic E-state index is 11.0. The number of piperazine rings is 1. The van der Waals surface area contributed by atoms with Crippen molar-refractivity contribution in [1.29, 1.82) is 0 Å². The number of benzene rings is 1. The Morgan fingerprint density at radius 2 is 1.89 bits per heavy atom. The summed E-state index contributed by atoms with van der Waals surface area (Å²) in [6.45, 7) is 13.1. The third kappa shape index (κ3) is 6.39. The first kappa shape index (κ1) is 26.3. The fraction of sp³-hybridized carbons (Fsp3) is 0.517. The van der Waals surface area contributed by atoms with Crippen LogP contribution in [0.25, 0.3) is 10.9 Å². The van der Waals surface area contributed by atoms with Gasteiger partial charge in [0, 0.05) is 63.3 Å². The number of hydrogen-bond acceptors (Lipinski definition) is 9. The van der Waals surface area contributed by atoms with Crippen LogP contribution in [0.1, 0.15) is 38.7 Å². The van der Waals surface area contributed by atoms with Crippen molar-refractivity contribution >= 4 is 34.5 Å². The number of piperidine rings is 1. The molecule has 2 aliphatic heterocycles. The standard InChI is InChI=1S/C29H39N7O2/c1-21-16-22(4-5-26(21)38-23-6-11-35(12-7-23)19-29(2,3)8-15-37)34-28-24-17-27(36-13-9-30-10-14-36)31-18-25(24)32-20-33-28/h4-5,15-18,20,23,30H,6-14,19H2,1-3H3,(H,32,33,34). The SMILES string of the molecule is Cc1cc(Nc2ncnc3cnc(N4CCNCC4)cc23)ccc1OC1CCN(CC(C)(C)CC=O)CC1. The smallest absolute Gasteiger partial charge is 0.141 e. The zero-order valence-electron chi connectivity index (χ0n) is 22.7. The molecule has 3 aromatic rings. The minimum atomic E-state index is 0.0208. The Balaban J connectivity index is 1.23. The summed E-state index contributed by atoms with van der Waals surface area (Å²) in [5, 5.41) is 7.83. The number of nitrogens with one attached hydrogen (secondary N) is 2. The molecule has 0 radical (unpaired) electrons. The lowest BCUT2D eigenvalue weighted by Crippen LogP contribution is -2.43. The van der Waals surface area contributed by atoms with Gasteiger partial charge in [-0.3, -0.25) is 0 Å². The number of carbonyl (C=O) groups excluding carboxylic acids is 1. The van der Waals surface area contributed by atoms with Crippen LogP contribution >= 0.6 is 0 Å². The molecule has 0 saturated carbocycles. The lowest BCUT2D eigenvalue weighted by molar-refractivity contribution is -0.109. The highest BCUT2D eigenvalue weighted by Crippen LogP contribution is 2.30. The van der Waals surface area contributed by atoms with Crippen molar-refractivity contribution < 1.29 is 9.53 Å². The first-order valence-electron chi connectivity index (χ1n) is 13.7. The minimum Gasteiger partial charge on any atom is -0.490 e.